The van der Waals surface area contributed by atoms with Crippen LogP contribution in [-0.2, 0) is 4.89 Å². The lowest BCUT2D eigenvalue weighted by Gasteiger charge is -2.05. The third-order valence-corrected chi connectivity index (χ3v) is 1.24. The van der Waals surface area contributed by atoms with E-state index in [4.69, 9.17) is 11.0 Å². The van der Waals surface area contributed by atoms with Crippen LogP contribution in [0.2, 0.25) is 0 Å². The van der Waals surface area contributed by atoms with Crippen molar-refractivity contribution in [1.29, 1.82) is 0 Å². The SMILES string of the molecule is NC(OO)c1ccccc1. The first-order valence-electron chi connectivity index (χ1n) is 2.95. The van der Waals surface area contributed by atoms with Gasteiger partial charge in [-0.2, -0.15) is 0 Å². The van der Waals surface area contributed by atoms with E-state index >= 15 is 0 Å². The fourth-order valence-corrected chi connectivity index (χ4v) is 0.704. The summed E-state index contributed by atoms with van der Waals surface area (Å²) in [5.41, 5.74) is 6.08. The highest BCUT2D eigenvalue weighted by Crippen LogP contribution is 2.08. The molecule has 10 heavy (non-hydrogen) atoms. The summed E-state index contributed by atoms with van der Waals surface area (Å²) in [6.45, 7) is 0. The van der Waals surface area contributed by atoms with Gasteiger partial charge in [-0.05, 0) is 5.56 Å². The van der Waals surface area contributed by atoms with Gasteiger partial charge in [-0.15, -0.1) is 0 Å². The van der Waals surface area contributed by atoms with E-state index in [1.54, 1.807) is 12.1 Å². The topological polar surface area (TPSA) is 55.5 Å². The van der Waals surface area contributed by atoms with Gasteiger partial charge in [0.1, 0.15) is 0 Å². The molecule has 54 valence electrons. The summed E-state index contributed by atoms with van der Waals surface area (Å²) in [5.74, 6) is 0. The molecule has 0 bridgehead atoms. The molecule has 1 aromatic rings. The van der Waals surface area contributed by atoms with Crippen LogP contribution in [0.4, 0.5) is 0 Å². The van der Waals surface area contributed by atoms with Crippen molar-refractivity contribution in [3.8, 4) is 0 Å². The van der Waals surface area contributed by atoms with Gasteiger partial charge in [0.2, 0.25) is 0 Å². The molecule has 1 atom stereocenters. The summed E-state index contributed by atoms with van der Waals surface area (Å²) in [5, 5.41) is 8.16. The molecule has 1 unspecified atom stereocenters. The standard InChI is InChI=1S/C7H9NO2/c8-7(10-9)6-4-2-1-3-5-6/h1-5,7,9H,8H2. The molecule has 3 heteroatoms. The summed E-state index contributed by atoms with van der Waals surface area (Å²) < 4.78 is 0. The summed E-state index contributed by atoms with van der Waals surface area (Å²) in [6.07, 6.45) is -0.735. The Labute approximate surface area is 59.0 Å². The maximum absolute atomic E-state index is 8.16. The van der Waals surface area contributed by atoms with Gasteiger partial charge in [0.15, 0.2) is 6.23 Å². The van der Waals surface area contributed by atoms with Crippen molar-refractivity contribution in [2.45, 2.75) is 6.23 Å². The van der Waals surface area contributed by atoms with Crippen molar-refractivity contribution in [2.24, 2.45) is 5.73 Å². The molecule has 0 amide bonds. The lowest BCUT2D eigenvalue weighted by molar-refractivity contribution is -0.280. The van der Waals surface area contributed by atoms with E-state index in [-0.39, 0.29) is 0 Å². The third-order valence-electron chi connectivity index (χ3n) is 1.24. The highest BCUT2D eigenvalue weighted by Gasteiger charge is 2.01. The van der Waals surface area contributed by atoms with Crippen molar-refractivity contribution in [3.63, 3.8) is 0 Å². The zero-order chi connectivity index (χ0) is 7.40. The molecule has 0 aliphatic carbocycles. The molecule has 0 aromatic heterocycles. The van der Waals surface area contributed by atoms with E-state index in [0.29, 0.717) is 0 Å². The molecular formula is C7H9NO2. The van der Waals surface area contributed by atoms with E-state index in [9.17, 15) is 0 Å². The van der Waals surface area contributed by atoms with Crippen LogP contribution in [0.3, 0.4) is 0 Å². The number of hydrogen-bond donors (Lipinski definition) is 2. The summed E-state index contributed by atoms with van der Waals surface area (Å²) in [7, 11) is 0. The molecule has 0 saturated heterocycles. The van der Waals surface area contributed by atoms with Crippen LogP contribution in [0.15, 0.2) is 30.3 Å². The highest BCUT2D eigenvalue weighted by molar-refractivity contribution is 5.16. The van der Waals surface area contributed by atoms with E-state index in [2.05, 4.69) is 4.89 Å². The molecule has 0 saturated carbocycles. The smallest absolute Gasteiger partial charge is 0.166 e. The van der Waals surface area contributed by atoms with E-state index in [1.807, 2.05) is 18.2 Å². The summed E-state index contributed by atoms with van der Waals surface area (Å²) in [4.78, 5) is 3.91. The number of nitrogens with two attached hydrogens (primary N) is 1. The summed E-state index contributed by atoms with van der Waals surface area (Å²) >= 11 is 0. The Morgan fingerprint density at radius 3 is 2.40 bits per heavy atom. The predicted octanol–water partition coefficient (Wildman–Crippen LogP) is 1.13. The molecule has 0 aliphatic rings. The average Bonchev–Trinajstić information content (AvgIpc) is 2.05. The highest BCUT2D eigenvalue weighted by atomic mass is 17.1. The minimum Gasteiger partial charge on any atom is -0.300 e. The Hall–Kier alpha value is -0.900. The van der Waals surface area contributed by atoms with Crippen LogP contribution in [-0.4, -0.2) is 5.26 Å². The van der Waals surface area contributed by atoms with Gasteiger partial charge in [-0.1, -0.05) is 30.3 Å². The molecule has 0 radical (unpaired) electrons. The van der Waals surface area contributed by atoms with Gasteiger partial charge in [0, 0.05) is 0 Å². The molecule has 1 rings (SSSR count). The quantitative estimate of drug-likeness (QED) is 0.367. The maximum atomic E-state index is 8.16. The van der Waals surface area contributed by atoms with Crippen molar-refractivity contribution in [3.05, 3.63) is 35.9 Å². The predicted molar refractivity (Wildman–Crippen MR) is 37.1 cm³/mol. The Balaban J connectivity index is 2.75. The van der Waals surface area contributed by atoms with Crippen molar-refractivity contribution < 1.29 is 10.1 Å². The molecule has 1 aromatic carbocycles. The van der Waals surface area contributed by atoms with Crippen LogP contribution < -0.4 is 5.73 Å². The van der Waals surface area contributed by atoms with Crippen molar-refractivity contribution in [2.75, 3.05) is 0 Å². The largest absolute Gasteiger partial charge is 0.300 e. The lowest BCUT2D eigenvalue weighted by Crippen LogP contribution is -2.11. The maximum Gasteiger partial charge on any atom is 0.166 e. The van der Waals surface area contributed by atoms with Crippen LogP contribution in [0.5, 0.6) is 0 Å². The van der Waals surface area contributed by atoms with Gasteiger partial charge in [0.05, 0.1) is 0 Å². The van der Waals surface area contributed by atoms with Gasteiger partial charge in [0.25, 0.3) is 0 Å². The second-order valence-electron chi connectivity index (χ2n) is 1.94. The van der Waals surface area contributed by atoms with Gasteiger partial charge < -0.3 is 0 Å². The molecule has 3 N–H and O–H groups in total. The normalized spacial score (nSPS) is 13.0. The first-order chi connectivity index (χ1) is 4.84. The Bertz CT molecular complexity index is 188. The van der Waals surface area contributed by atoms with Gasteiger partial charge >= 0.3 is 0 Å². The molecule has 0 heterocycles. The number of benzene rings is 1. The van der Waals surface area contributed by atoms with Crippen molar-refractivity contribution >= 4 is 0 Å². The average molecular weight is 139 g/mol. The molecular weight excluding hydrogens is 130 g/mol. The molecule has 0 aliphatic heterocycles. The van der Waals surface area contributed by atoms with Gasteiger partial charge in [-0.25, -0.2) is 10.1 Å². The monoisotopic (exact) mass is 139 g/mol. The molecule has 0 spiro atoms. The van der Waals surface area contributed by atoms with Crippen molar-refractivity contribution in [1.82, 2.24) is 0 Å². The fourth-order valence-electron chi connectivity index (χ4n) is 0.704. The number of rotatable bonds is 2. The van der Waals surface area contributed by atoms with Crippen LogP contribution in [0, 0.1) is 0 Å². The Morgan fingerprint density at radius 1 is 1.30 bits per heavy atom. The Morgan fingerprint density at radius 2 is 1.90 bits per heavy atom. The molecule has 3 nitrogen and oxygen atoms in total. The van der Waals surface area contributed by atoms with Crippen LogP contribution >= 0.6 is 0 Å². The zero-order valence-corrected chi connectivity index (χ0v) is 5.40. The van der Waals surface area contributed by atoms with Crippen LogP contribution in [0.1, 0.15) is 11.8 Å². The number of hydrogen-bond acceptors (Lipinski definition) is 3. The fraction of sp³-hybridized carbons (Fsp3) is 0.143. The minimum absolute atomic E-state index is 0.735. The zero-order valence-electron chi connectivity index (χ0n) is 5.40. The Kier molecular flexibility index (Phi) is 2.39. The first-order valence-corrected chi connectivity index (χ1v) is 2.95. The lowest BCUT2D eigenvalue weighted by atomic mass is 10.2. The van der Waals surface area contributed by atoms with E-state index < -0.39 is 6.23 Å². The summed E-state index contributed by atoms with van der Waals surface area (Å²) in [6, 6.07) is 9.08. The third kappa shape index (κ3) is 1.54. The minimum atomic E-state index is -0.735. The second kappa shape index (κ2) is 3.31. The molecule has 0 fully saturated rings. The second-order valence-corrected chi connectivity index (χ2v) is 1.94. The van der Waals surface area contributed by atoms with Crippen LogP contribution in [0.25, 0.3) is 0 Å². The van der Waals surface area contributed by atoms with E-state index in [1.165, 1.54) is 0 Å². The van der Waals surface area contributed by atoms with Gasteiger partial charge in [-0.3, -0.25) is 5.73 Å². The van der Waals surface area contributed by atoms with E-state index in [0.717, 1.165) is 5.56 Å². The first kappa shape index (κ1) is 7.21.